The molecule has 1 amide bonds. The van der Waals surface area contributed by atoms with E-state index in [1.807, 2.05) is 0 Å². The molecule has 0 unspecified atom stereocenters. The first kappa shape index (κ1) is 14.4. The second-order valence-corrected chi connectivity index (χ2v) is 4.29. The van der Waals surface area contributed by atoms with Gasteiger partial charge in [0.15, 0.2) is 0 Å². The van der Waals surface area contributed by atoms with Crippen molar-refractivity contribution < 1.29 is 9.72 Å². The van der Waals surface area contributed by atoms with Gasteiger partial charge in [-0.15, -0.1) is 0 Å². The van der Waals surface area contributed by atoms with E-state index < -0.39 is 10.8 Å². The van der Waals surface area contributed by atoms with Crippen LogP contribution in [0.25, 0.3) is 0 Å². The van der Waals surface area contributed by atoms with Gasteiger partial charge >= 0.3 is 0 Å². The van der Waals surface area contributed by atoms with Gasteiger partial charge in [0.05, 0.1) is 10.6 Å². The van der Waals surface area contributed by atoms with Gasteiger partial charge in [-0.25, -0.2) is 5.43 Å². The van der Waals surface area contributed by atoms with E-state index in [1.54, 1.807) is 32.2 Å². The van der Waals surface area contributed by atoms with Crippen LogP contribution in [0, 0.1) is 10.1 Å². The smallest absolute Gasteiger partial charge is 0.266 e. The van der Waals surface area contributed by atoms with Gasteiger partial charge < -0.3 is 0 Å². The highest BCUT2D eigenvalue weighted by molar-refractivity contribution is 6.00. The molecule has 1 aromatic carbocycles. The first-order chi connectivity index (χ1) is 9.99. The first-order valence-corrected chi connectivity index (χ1v) is 6.06. The van der Waals surface area contributed by atoms with Crippen molar-refractivity contribution in [2.24, 2.45) is 12.1 Å². The Morgan fingerprint density at radius 1 is 1.43 bits per heavy atom. The Bertz CT molecular complexity index is 720. The second kappa shape index (κ2) is 5.95. The zero-order valence-corrected chi connectivity index (χ0v) is 11.5. The van der Waals surface area contributed by atoms with E-state index in [0.717, 1.165) is 0 Å². The van der Waals surface area contributed by atoms with Crippen molar-refractivity contribution >= 4 is 17.3 Å². The predicted molar refractivity (Wildman–Crippen MR) is 76.0 cm³/mol. The van der Waals surface area contributed by atoms with Crippen LogP contribution in [-0.2, 0) is 7.05 Å². The molecule has 0 radical (unpaired) electrons. The zero-order chi connectivity index (χ0) is 15.4. The Labute approximate surface area is 120 Å². The molecule has 0 spiro atoms. The summed E-state index contributed by atoms with van der Waals surface area (Å²) in [5.41, 5.74) is 3.76. The van der Waals surface area contributed by atoms with Gasteiger partial charge in [-0.2, -0.15) is 10.2 Å². The summed E-state index contributed by atoms with van der Waals surface area (Å²) in [4.78, 5) is 22.1. The molecule has 0 saturated heterocycles. The monoisotopic (exact) mass is 287 g/mol. The number of carbonyl (C=O) groups is 1. The average molecular weight is 287 g/mol. The highest BCUT2D eigenvalue weighted by Crippen LogP contribution is 2.13. The van der Waals surface area contributed by atoms with Crippen LogP contribution in [0.2, 0.25) is 0 Å². The fourth-order valence-electron chi connectivity index (χ4n) is 1.70. The molecule has 0 aliphatic heterocycles. The third-order valence-electron chi connectivity index (χ3n) is 2.85. The topological polar surface area (TPSA) is 102 Å². The maximum absolute atomic E-state index is 11.9. The summed E-state index contributed by atoms with van der Waals surface area (Å²) >= 11 is 0. The molecule has 1 aromatic heterocycles. The molecular formula is C13H13N5O3. The number of carbonyl (C=O) groups excluding carboxylic acids is 1. The van der Waals surface area contributed by atoms with E-state index in [0.29, 0.717) is 17.0 Å². The Balaban J connectivity index is 2.14. The zero-order valence-electron chi connectivity index (χ0n) is 11.5. The predicted octanol–water partition coefficient (Wildman–Crippen LogP) is 1.48. The van der Waals surface area contributed by atoms with Crippen LogP contribution in [0.5, 0.6) is 0 Å². The minimum absolute atomic E-state index is 0.0278. The van der Waals surface area contributed by atoms with Gasteiger partial charge in [0.25, 0.3) is 11.6 Å². The molecule has 0 fully saturated rings. The maximum Gasteiger partial charge on any atom is 0.289 e. The Kier molecular flexibility index (Phi) is 4.07. The molecule has 1 heterocycles. The lowest BCUT2D eigenvalue weighted by atomic mass is 10.1. The molecule has 0 aliphatic rings. The van der Waals surface area contributed by atoms with Crippen molar-refractivity contribution in [3.8, 4) is 0 Å². The van der Waals surface area contributed by atoms with Gasteiger partial charge in [-0.05, 0) is 13.0 Å². The molecule has 0 saturated carbocycles. The standard InChI is InChI=1S/C13H13N5O3/c1-9(10-4-3-5-11(8-10)18(20)21)15-16-13(19)12-6-7-14-17(12)2/h3-8H,1-2H3,(H,16,19). The largest absolute Gasteiger partial charge is 0.289 e. The highest BCUT2D eigenvalue weighted by Gasteiger charge is 2.10. The summed E-state index contributed by atoms with van der Waals surface area (Å²) in [7, 11) is 1.64. The van der Waals surface area contributed by atoms with Crippen LogP contribution in [0.1, 0.15) is 23.0 Å². The fraction of sp³-hybridized carbons (Fsp3) is 0.154. The SMILES string of the molecule is CC(=NNC(=O)c1ccnn1C)c1cccc([N+](=O)[O-])c1. The molecule has 8 nitrogen and oxygen atoms in total. The van der Waals surface area contributed by atoms with Gasteiger partial charge in [0.1, 0.15) is 5.69 Å². The minimum atomic E-state index is -0.481. The summed E-state index contributed by atoms with van der Waals surface area (Å²) in [6, 6.07) is 7.60. The molecule has 2 rings (SSSR count). The van der Waals surface area contributed by atoms with Gasteiger partial charge in [-0.1, -0.05) is 12.1 Å². The first-order valence-electron chi connectivity index (χ1n) is 6.06. The Hall–Kier alpha value is -3.03. The summed E-state index contributed by atoms with van der Waals surface area (Å²) in [5.74, 6) is -0.403. The van der Waals surface area contributed by atoms with Crippen molar-refractivity contribution in [3.63, 3.8) is 0 Å². The maximum atomic E-state index is 11.9. The van der Waals surface area contributed by atoms with E-state index >= 15 is 0 Å². The number of aromatic nitrogens is 2. The molecule has 0 aliphatic carbocycles. The molecule has 0 atom stereocenters. The van der Waals surface area contributed by atoms with Crippen molar-refractivity contribution in [3.05, 3.63) is 57.9 Å². The summed E-state index contributed by atoms with van der Waals surface area (Å²) in [6.07, 6.45) is 1.51. The minimum Gasteiger partial charge on any atom is -0.266 e. The van der Waals surface area contributed by atoms with Gasteiger partial charge in [0, 0.05) is 30.9 Å². The number of hydrazone groups is 1. The third kappa shape index (κ3) is 3.30. The van der Waals surface area contributed by atoms with Crippen molar-refractivity contribution in [2.45, 2.75) is 6.92 Å². The molecule has 2 aromatic rings. The lowest BCUT2D eigenvalue weighted by Gasteiger charge is -2.03. The summed E-state index contributed by atoms with van der Waals surface area (Å²) in [6.45, 7) is 1.66. The number of rotatable bonds is 4. The number of nitro groups is 1. The number of nitrogens with one attached hydrogen (secondary N) is 1. The Morgan fingerprint density at radius 3 is 2.81 bits per heavy atom. The fourth-order valence-corrected chi connectivity index (χ4v) is 1.70. The van der Waals surface area contributed by atoms with E-state index in [-0.39, 0.29) is 5.69 Å². The number of hydrogen-bond acceptors (Lipinski definition) is 5. The molecule has 8 heteroatoms. The van der Waals surface area contributed by atoms with Crippen LogP contribution < -0.4 is 5.43 Å². The number of hydrogen-bond donors (Lipinski definition) is 1. The van der Waals surface area contributed by atoms with Crippen LogP contribution in [-0.4, -0.2) is 26.3 Å². The van der Waals surface area contributed by atoms with E-state index in [1.165, 1.54) is 23.0 Å². The second-order valence-electron chi connectivity index (χ2n) is 4.29. The van der Waals surface area contributed by atoms with E-state index in [4.69, 9.17) is 0 Å². The average Bonchev–Trinajstić information content (AvgIpc) is 2.90. The molecule has 1 N–H and O–H groups in total. The molecule has 0 bridgehead atoms. The number of benzene rings is 1. The summed E-state index contributed by atoms with van der Waals surface area (Å²) < 4.78 is 1.42. The highest BCUT2D eigenvalue weighted by atomic mass is 16.6. The lowest BCUT2D eigenvalue weighted by molar-refractivity contribution is -0.384. The van der Waals surface area contributed by atoms with Crippen LogP contribution in [0.15, 0.2) is 41.6 Å². The number of nitro benzene ring substituents is 1. The van der Waals surface area contributed by atoms with Crippen LogP contribution >= 0.6 is 0 Å². The number of non-ortho nitro benzene ring substituents is 1. The number of nitrogens with zero attached hydrogens (tertiary/aromatic N) is 4. The van der Waals surface area contributed by atoms with Gasteiger partial charge in [-0.3, -0.25) is 19.6 Å². The van der Waals surface area contributed by atoms with E-state index in [9.17, 15) is 14.9 Å². The lowest BCUT2D eigenvalue weighted by Crippen LogP contribution is -2.22. The summed E-state index contributed by atoms with van der Waals surface area (Å²) in [5, 5.41) is 18.6. The third-order valence-corrected chi connectivity index (χ3v) is 2.85. The van der Waals surface area contributed by atoms with Gasteiger partial charge in [0.2, 0.25) is 0 Å². The Morgan fingerprint density at radius 2 is 2.19 bits per heavy atom. The van der Waals surface area contributed by atoms with Crippen molar-refractivity contribution in [1.82, 2.24) is 15.2 Å². The van der Waals surface area contributed by atoms with Crippen molar-refractivity contribution in [2.75, 3.05) is 0 Å². The van der Waals surface area contributed by atoms with E-state index in [2.05, 4.69) is 15.6 Å². The van der Waals surface area contributed by atoms with Crippen LogP contribution in [0.3, 0.4) is 0 Å². The molecule has 108 valence electrons. The molecule has 21 heavy (non-hydrogen) atoms. The normalized spacial score (nSPS) is 11.2. The number of aryl methyl sites for hydroxylation is 1. The van der Waals surface area contributed by atoms with Crippen LogP contribution in [0.4, 0.5) is 5.69 Å². The molecular weight excluding hydrogens is 274 g/mol. The number of amides is 1. The van der Waals surface area contributed by atoms with Crippen molar-refractivity contribution in [1.29, 1.82) is 0 Å². The quantitative estimate of drug-likeness (QED) is 0.522.